The van der Waals surface area contributed by atoms with Crippen LogP contribution in [0.3, 0.4) is 0 Å². The summed E-state index contributed by atoms with van der Waals surface area (Å²) in [5.74, 6) is -0.430. The normalized spacial score (nSPS) is 25.4. The van der Waals surface area contributed by atoms with Crippen molar-refractivity contribution in [2.75, 3.05) is 19.7 Å². The van der Waals surface area contributed by atoms with E-state index in [1.165, 1.54) is 36.2 Å². The third-order valence-electron chi connectivity index (χ3n) is 6.88. The molecule has 1 saturated carbocycles. The van der Waals surface area contributed by atoms with E-state index in [1.807, 2.05) is 0 Å². The summed E-state index contributed by atoms with van der Waals surface area (Å²) in [5.41, 5.74) is 3.93. The summed E-state index contributed by atoms with van der Waals surface area (Å²) in [6.07, 6.45) is 9.25. The van der Waals surface area contributed by atoms with Crippen molar-refractivity contribution in [3.05, 3.63) is 29.1 Å². The van der Waals surface area contributed by atoms with Gasteiger partial charge in [-0.05, 0) is 81.9 Å². The minimum Gasteiger partial charge on any atom is -0.480 e. The molecule has 2 atom stereocenters. The second kappa shape index (κ2) is 11.1. The SMILES string of the molecule is O=C(NC(CCOC1CC(CCc2ccc3c(n2)CCCC3)C1)C(=O)O)O[C@H]1CCNC1. The molecule has 8 heteroatoms. The first kappa shape index (κ1) is 23.0. The Balaban J connectivity index is 1.10. The molecule has 0 bridgehead atoms. The van der Waals surface area contributed by atoms with Gasteiger partial charge in [-0.2, -0.15) is 0 Å². The number of hydrogen-bond donors (Lipinski definition) is 3. The van der Waals surface area contributed by atoms with Crippen LogP contribution in [0.15, 0.2) is 12.1 Å². The molecule has 8 nitrogen and oxygen atoms in total. The lowest BCUT2D eigenvalue weighted by atomic mass is 9.79. The van der Waals surface area contributed by atoms with E-state index in [4.69, 9.17) is 14.5 Å². The van der Waals surface area contributed by atoms with Crippen molar-refractivity contribution in [3.63, 3.8) is 0 Å². The van der Waals surface area contributed by atoms with Crippen LogP contribution in [0.2, 0.25) is 0 Å². The second-order valence-electron chi connectivity index (χ2n) is 9.33. The number of nitrogens with zero attached hydrogens (tertiary/aromatic N) is 1. The van der Waals surface area contributed by atoms with Crippen LogP contribution in [0, 0.1) is 5.92 Å². The van der Waals surface area contributed by atoms with Crippen LogP contribution in [0.25, 0.3) is 0 Å². The van der Waals surface area contributed by atoms with E-state index < -0.39 is 18.1 Å². The van der Waals surface area contributed by atoms with Gasteiger partial charge in [-0.1, -0.05) is 6.07 Å². The van der Waals surface area contributed by atoms with Gasteiger partial charge in [0.05, 0.1) is 6.10 Å². The molecule has 1 saturated heterocycles. The van der Waals surface area contributed by atoms with Crippen molar-refractivity contribution in [1.29, 1.82) is 0 Å². The van der Waals surface area contributed by atoms with Crippen LogP contribution < -0.4 is 10.6 Å². The average molecular weight is 446 g/mol. The lowest BCUT2D eigenvalue weighted by Gasteiger charge is -2.35. The Kier molecular flexibility index (Phi) is 7.97. The predicted molar refractivity (Wildman–Crippen MR) is 119 cm³/mol. The Bertz CT molecular complexity index is 790. The lowest BCUT2D eigenvalue weighted by molar-refractivity contribution is -0.140. The Morgan fingerprint density at radius 2 is 2.06 bits per heavy atom. The fourth-order valence-corrected chi connectivity index (χ4v) is 4.83. The molecule has 1 aliphatic heterocycles. The van der Waals surface area contributed by atoms with Gasteiger partial charge in [0.25, 0.3) is 0 Å². The molecule has 2 fully saturated rings. The zero-order chi connectivity index (χ0) is 22.3. The minimum absolute atomic E-state index is 0.183. The number of alkyl carbamates (subject to hydrolysis) is 1. The molecule has 3 N–H and O–H groups in total. The highest BCUT2D eigenvalue weighted by Gasteiger charge is 2.30. The lowest BCUT2D eigenvalue weighted by Crippen LogP contribution is -2.43. The number of carbonyl (C=O) groups excluding carboxylic acids is 1. The fourth-order valence-electron chi connectivity index (χ4n) is 4.83. The molecule has 1 unspecified atom stereocenters. The van der Waals surface area contributed by atoms with Gasteiger partial charge in [0.1, 0.15) is 12.1 Å². The Morgan fingerprint density at radius 1 is 1.22 bits per heavy atom. The van der Waals surface area contributed by atoms with E-state index in [9.17, 15) is 14.7 Å². The van der Waals surface area contributed by atoms with Gasteiger partial charge in [-0.3, -0.25) is 4.98 Å². The number of amides is 1. The molecular weight excluding hydrogens is 410 g/mol. The number of pyridine rings is 1. The molecule has 1 amide bonds. The molecule has 4 rings (SSSR count). The van der Waals surface area contributed by atoms with Crippen molar-refractivity contribution in [2.24, 2.45) is 5.92 Å². The van der Waals surface area contributed by atoms with Crippen LogP contribution in [-0.4, -0.2) is 60.1 Å². The van der Waals surface area contributed by atoms with Crippen LogP contribution >= 0.6 is 0 Å². The molecule has 3 aliphatic rings. The number of carbonyl (C=O) groups is 2. The number of aliphatic carboxylic acids is 1. The van der Waals surface area contributed by atoms with Crippen molar-refractivity contribution < 1.29 is 24.2 Å². The molecule has 0 aromatic carbocycles. The maximum Gasteiger partial charge on any atom is 0.408 e. The zero-order valence-corrected chi connectivity index (χ0v) is 18.7. The molecular formula is C24H35N3O5. The second-order valence-corrected chi connectivity index (χ2v) is 9.33. The number of hydrogen-bond acceptors (Lipinski definition) is 6. The zero-order valence-electron chi connectivity index (χ0n) is 18.7. The molecule has 2 aliphatic carbocycles. The third-order valence-corrected chi connectivity index (χ3v) is 6.88. The Morgan fingerprint density at radius 3 is 2.84 bits per heavy atom. The van der Waals surface area contributed by atoms with Gasteiger partial charge in [0.15, 0.2) is 0 Å². The van der Waals surface area contributed by atoms with E-state index in [1.54, 1.807) is 0 Å². The van der Waals surface area contributed by atoms with Gasteiger partial charge in [-0.25, -0.2) is 9.59 Å². The molecule has 2 heterocycles. The average Bonchev–Trinajstić information content (AvgIpc) is 3.26. The van der Waals surface area contributed by atoms with E-state index in [0.29, 0.717) is 19.1 Å². The van der Waals surface area contributed by atoms with Gasteiger partial charge >= 0.3 is 12.1 Å². The molecule has 1 aromatic heterocycles. The predicted octanol–water partition coefficient (Wildman–Crippen LogP) is 2.62. The summed E-state index contributed by atoms with van der Waals surface area (Å²) < 4.78 is 11.1. The number of fused-ring (bicyclic) bond motifs is 1. The van der Waals surface area contributed by atoms with Crippen LogP contribution in [0.4, 0.5) is 4.79 Å². The summed E-state index contributed by atoms with van der Waals surface area (Å²) in [6.45, 7) is 1.73. The highest BCUT2D eigenvalue weighted by Crippen LogP contribution is 2.34. The number of ether oxygens (including phenoxy) is 2. The van der Waals surface area contributed by atoms with Crippen molar-refractivity contribution in [1.82, 2.24) is 15.6 Å². The van der Waals surface area contributed by atoms with Gasteiger partial charge < -0.3 is 25.2 Å². The Hall–Kier alpha value is -2.19. The van der Waals surface area contributed by atoms with Crippen LogP contribution in [-0.2, 0) is 33.5 Å². The van der Waals surface area contributed by atoms with E-state index in [0.717, 1.165) is 45.1 Å². The smallest absolute Gasteiger partial charge is 0.408 e. The van der Waals surface area contributed by atoms with Crippen LogP contribution in [0.1, 0.15) is 61.9 Å². The summed E-state index contributed by atoms with van der Waals surface area (Å²) in [5, 5.41) is 14.9. The van der Waals surface area contributed by atoms with Gasteiger partial charge in [-0.15, -0.1) is 0 Å². The standard InChI is InChI=1S/C24H35N3O5/c28-23(29)22(27-24(30)32-19-9-11-25-15-19)10-12-31-20-13-16(14-20)5-7-18-8-6-17-3-1-2-4-21(17)26-18/h6,8,16,19-20,22,25H,1-5,7,9-15H2,(H,27,30)(H,28,29)/t16?,19-,20?,22?/m0/s1. The molecule has 176 valence electrons. The number of carboxylic acids is 1. The number of carboxylic acid groups (broad SMARTS) is 1. The van der Waals surface area contributed by atoms with Crippen molar-refractivity contribution in [2.45, 2.75) is 82.5 Å². The van der Waals surface area contributed by atoms with Crippen LogP contribution in [0.5, 0.6) is 0 Å². The molecule has 0 radical (unpaired) electrons. The first-order valence-electron chi connectivity index (χ1n) is 12.1. The Labute approximate surface area is 189 Å². The highest BCUT2D eigenvalue weighted by molar-refractivity contribution is 5.79. The quantitative estimate of drug-likeness (QED) is 0.508. The minimum atomic E-state index is -1.07. The highest BCUT2D eigenvalue weighted by atomic mass is 16.6. The van der Waals surface area contributed by atoms with E-state index in [-0.39, 0.29) is 18.6 Å². The van der Waals surface area contributed by atoms with E-state index >= 15 is 0 Å². The number of aromatic nitrogens is 1. The summed E-state index contributed by atoms with van der Waals surface area (Å²) >= 11 is 0. The first-order valence-corrected chi connectivity index (χ1v) is 12.1. The molecule has 1 aromatic rings. The monoisotopic (exact) mass is 445 g/mol. The fraction of sp³-hybridized carbons (Fsp3) is 0.708. The number of aryl methyl sites for hydroxylation is 3. The largest absolute Gasteiger partial charge is 0.480 e. The molecule has 0 spiro atoms. The number of nitrogens with one attached hydrogen (secondary N) is 2. The maximum atomic E-state index is 11.9. The first-order chi connectivity index (χ1) is 15.6. The third kappa shape index (κ3) is 6.42. The summed E-state index contributed by atoms with van der Waals surface area (Å²) in [7, 11) is 0. The van der Waals surface area contributed by atoms with Gasteiger partial charge in [0, 0.05) is 31.0 Å². The molecule has 32 heavy (non-hydrogen) atoms. The summed E-state index contributed by atoms with van der Waals surface area (Å²) in [4.78, 5) is 28.2. The number of rotatable bonds is 10. The van der Waals surface area contributed by atoms with Crippen molar-refractivity contribution in [3.8, 4) is 0 Å². The maximum absolute atomic E-state index is 11.9. The van der Waals surface area contributed by atoms with Crippen molar-refractivity contribution >= 4 is 12.1 Å². The topological polar surface area (TPSA) is 110 Å². The summed E-state index contributed by atoms with van der Waals surface area (Å²) in [6, 6.07) is 3.45. The van der Waals surface area contributed by atoms with E-state index in [2.05, 4.69) is 22.8 Å². The van der Waals surface area contributed by atoms with Gasteiger partial charge in [0.2, 0.25) is 0 Å².